The second-order valence-electron chi connectivity index (χ2n) is 3.40. The fourth-order valence-electron chi connectivity index (χ4n) is 1.36. The number of ether oxygens (including phenoxy) is 1. The number of non-ortho nitro benzene ring substituents is 1. The minimum absolute atomic E-state index is 0.0744. The molecule has 0 amide bonds. The lowest BCUT2D eigenvalue weighted by molar-refractivity contribution is -0.384. The van der Waals surface area contributed by atoms with Crippen LogP contribution in [0.25, 0.3) is 0 Å². The van der Waals surface area contributed by atoms with Crippen LogP contribution < -0.4 is 0 Å². The van der Waals surface area contributed by atoms with Crippen LogP contribution in [0.3, 0.4) is 0 Å². The van der Waals surface area contributed by atoms with E-state index >= 15 is 0 Å². The average molecular weight is 206 g/mol. The number of aliphatic imine (C=N–C) groups is 1. The minimum Gasteiger partial charge on any atom is -0.475 e. The van der Waals surface area contributed by atoms with Gasteiger partial charge in [-0.1, -0.05) is 0 Å². The van der Waals surface area contributed by atoms with Crippen LogP contribution in [0.1, 0.15) is 12.5 Å². The summed E-state index contributed by atoms with van der Waals surface area (Å²) in [7, 11) is 0. The van der Waals surface area contributed by atoms with Crippen molar-refractivity contribution in [2.45, 2.75) is 13.0 Å². The van der Waals surface area contributed by atoms with Crippen molar-refractivity contribution in [3.05, 3.63) is 39.9 Å². The Morgan fingerprint density at radius 1 is 1.47 bits per heavy atom. The highest BCUT2D eigenvalue weighted by atomic mass is 16.6. The van der Waals surface area contributed by atoms with Gasteiger partial charge in [0.15, 0.2) is 0 Å². The van der Waals surface area contributed by atoms with Crippen LogP contribution in [0.4, 0.5) is 5.69 Å². The normalized spacial score (nSPS) is 19.5. The third-order valence-corrected chi connectivity index (χ3v) is 2.12. The SMILES string of the molecule is C[C@H]1COC(c2ccc([N+](=O)[O-])cc2)=N1. The zero-order chi connectivity index (χ0) is 10.8. The van der Waals surface area contributed by atoms with Gasteiger partial charge >= 0.3 is 0 Å². The number of nitro groups is 1. The Balaban J connectivity index is 2.24. The van der Waals surface area contributed by atoms with E-state index < -0.39 is 4.92 Å². The molecule has 15 heavy (non-hydrogen) atoms. The number of nitrogens with zero attached hydrogens (tertiary/aromatic N) is 2. The molecular weight excluding hydrogens is 196 g/mol. The molecule has 78 valence electrons. The van der Waals surface area contributed by atoms with Gasteiger partial charge in [0.1, 0.15) is 6.61 Å². The third kappa shape index (κ3) is 1.96. The van der Waals surface area contributed by atoms with Crippen LogP contribution >= 0.6 is 0 Å². The predicted molar refractivity (Wildman–Crippen MR) is 55.0 cm³/mol. The molecule has 0 bridgehead atoms. The number of rotatable bonds is 2. The first-order valence-corrected chi connectivity index (χ1v) is 4.62. The molecule has 0 saturated carbocycles. The summed E-state index contributed by atoms with van der Waals surface area (Å²) < 4.78 is 5.33. The summed E-state index contributed by atoms with van der Waals surface area (Å²) >= 11 is 0. The first-order chi connectivity index (χ1) is 7.16. The van der Waals surface area contributed by atoms with E-state index in [1.54, 1.807) is 12.1 Å². The van der Waals surface area contributed by atoms with E-state index in [4.69, 9.17) is 4.74 Å². The molecule has 1 atom stereocenters. The molecule has 5 heteroatoms. The van der Waals surface area contributed by atoms with Gasteiger partial charge in [-0.05, 0) is 19.1 Å². The maximum atomic E-state index is 10.4. The number of nitro benzene ring substituents is 1. The van der Waals surface area contributed by atoms with Gasteiger partial charge in [0.05, 0.1) is 11.0 Å². The maximum absolute atomic E-state index is 10.4. The van der Waals surface area contributed by atoms with Crippen molar-refractivity contribution in [2.75, 3.05) is 6.61 Å². The largest absolute Gasteiger partial charge is 0.475 e. The topological polar surface area (TPSA) is 64.7 Å². The summed E-state index contributed by atoms with van der Waals surface area (Å²) in [6, 6.07) is 6.36. The van der Waals surface area contributed by atoms with Gasteiger partial charge in [-0.15, -0.1) is 0 Å². The molecule has 0 N–H and O–H groups in total. The number of hydrogen-bond acceptors (Lipinski definition) is 4. The molecule has 0 aromatic heterocycles. The predicted octanol–water partition coefficient (Wildman–Crippen LogP) is 1.76. The molecule has 0 fully saturated rings. The van der Waals surface area contributed by atoms with Gasteiger partial charge in [0, 0.05) is 17.7 Å². The van der Waals surface area contributed by atoms with Gasteiger partial charge in [-0.3, -0.25) is 10.1 Å². The van der Waals surface area contributed by atoms with Crippen LogP contribution in [0.15, 0.2) is 29.3 Å². The molecule has 1 aromatic carbocycles. The molecule has 1 heterocycles. The molecular formula is C10H10N2O3. The van der Waals surface area contributed by atoms with Crippen molar-refractivity contribution in [2.24, 2.45) is 4.99 Å². The zero-order valence-corrected chi connectivity index (χ0v) is 8.21. The summed E-state index contributed by atoms with van der Waals surface area (Å²) in [5.41, 5.74) is 0.857. The second-order valence-corrected chi connectivity index (χ2v) is 3.40. The van der Waals surface area contributed by atoms with E-state index in [1.807, 2.05) is 6.92 Å². The smallest absolute Gasteiger partial charge is 0.269 e. The van der Waals surface area contributed by atoms with Crippen molar-refractivity contribution in [1.82, 2.24) is 0 Å². The van der Waals surface area contributed by atoms with E-state index in [0.29, 0.717) is 12.5 Å². The third-order valence-electron chi connectivity index (χ3n) is 2.12. The van der Waals surface area contributed by atoms with Gasteiger partial charge in [0.2, 0.25) is 5.90 Å². The summed E-state index contributed by atoms with van der Waals surface area (Å²) in [4.78, 5) is 14.3. The fourth-order valence-corrected chi connectivity index (χ4v) is 1.36. The number of benzene rings is 1. The highest BCUT2D eigenvalue weighted by molar-refractivity contribution is 5.95. The average Bonchev–Trinajstić information content (AvgIpc) is 2.65. The standard InChI is InChI=1S/C10H10N2O3/c1-7-6-15-10(11-7)8-2-4-9(5-3-8)12(13)14/h2-5,7H,6H2,1H3/t7-/m0/s1. The van der Waals surface area contributed by atoms with Gasteiger partial charge in [0.25, 0.3) is 5.69 Å². The summed E-state index contributed by atoms with van der Waals surface area (Å²) in [5.74, 6) is 0.567. The molecule has 0 unspecified atom stereocenters. The summed E-state index contributed by atoms with van der Waals surface area (Å²) in [6.45, 7) is 2.53. The van der Waals surface area contributed by atoms with Crippen molar-refractivity contribution < 1.29 is 9.66 Å². The lowest BCUT2D eigenvalue weighted by atomic mass is 10.2. The van der Waals surface area contributed by atoms with Crippen LogP contribution in [0, 0.1) is 10.1 Å². The fraction of sp³-hybridized carbons (Fsp3) is 0.300. The van der Waals surface area contributed by atoms with Crippen molar-refractivity contribution >= 4 is 11.6 Å². The Kier molecular flexibility index (Phi) is 2.37. The van der Waals surface area contributed by atoms with Gasteiger partial charge < -0.3 is 4.74 Å². The van der Waals surface area contributed by atoms with Crippen LogP contribution in [-0.4, -0.2) is 23.5 Å². The Labute approximate surface area is 86.5 Å². The molecule has 1 aliphatic heterocycles. The van der Waals surface area contributed by atoms with Crippen LogP contribution in [0.2, 0.25) is 0 Å². The van der Waals surface area contributed by atoms with Crippen LogP contribution in [0.5, 0.6) is 0 Å². The van der Waals surface area contributed by atoms with E-state index in [9.17, 15) is 10.1 Å². The van der Waals surface area contributed by atoms with Crippen molar-refractivity contribution in [3.8, 4) is 0 Å². The monoisotopic (exact) mass is 206 g/mol. The molecule has 5 nitrogen and oxygen atoms in total. The quantitative estimate of drug-likeness (QED) is 0.547. The van der Waals surface area contributed by atoms with E-state index in [2.05, 4.69) is 4.99 Å². The Morgan fingerprint density at radius 3 is 2.60 bits per heavy atom. The van der Waals surface area contributed by atoms with E-state index in [1.165, 1.54) is 12.1 Å². The molecule has 0 spiro atoms. The summed E-state index contributed by atoms with van der Waals surface area (Å²) in [5, 5.41) is 10.4. The first-order valence-electron chi connectivity index (χ1n) is 4.62. The Hall–Kier alpha value is -1.91. The second kappa shape index (κ2) is 3.68. The Morgan fingerprint density at radius 2 is 2.13 bits per heavy atom. The molecule has 0 saturated heterocycles. The van der Waals surface area contributed by atoms with E-state index in [-0.39, 0.29) is 11.7 Å². The van der Waals surface area contributed by atoms with E-state index in [0.717, 1.165) is 5.56 Å². The highest BCUT2D eigenvalue weighted by Gasteiger charge is 2.16. The molecule has 0 radical (unpaired) electrons. The maximum Gasteiger partial charge on any atom is 0.269 e. The zero-order valence-electron chi connectivity index (χ0n) is 8.21. The van der Waals surface area contributed by atoms with Crippen molar-refractivity contribution in [1.29, 1.82) is 0 Å². The lowest BCUT2D eigenvalue weighted by Gasteiger charge is -2.00. The minimum atomic E-state index is -0.427. The van der Waals surface area contributed by atoms with Gasteiger partial charge in [-0.2, -0.15) is 0 Å². The lowest BCUT2D eigenvalue weighted by Crippen LogP contribution is -2.01. The van der Waals surface area contributed by atoms with Crippen molar-refractivity contribution in [3.63, 3.8) is 0 Å². The number of hydrogen-bond donors (Lipinski definition) is 0. The Bertz CT molecular complexity index is 411. The van der Waals surface area contributed by atoms with Gasteiger partial charge in [-0.25, -0.2) is 4.99 Å². The first kappa shape index (κ1) is 9.64. The molecule has 1 aromatic rings. The molecule has 2 rings (SSSR count). The highest BCUT2D eigenvalue weighted by Crippen LogP contribution is 2.16. The van der Waals surface area contributed by atoms with Crippen LogP contribution in [-0.2, 0) is 4.74 Å². The molecule has 1 aliphatic rings. The summed E-state index contributed by atoms with van der Waals surface area (Å²) in [6.07, 6.45) is 0. The molecule has 0 aliphatic carbocycles.